The Morgan fingerprint density at radius 2 is 2.38 bits per heavy atom. The third-order valence-corrected chi connectivity index (χ3v) is 1.98. The van der Waals surface area contributed by atoms with Crippen LogP contribution in [0.25, 0.3) is 0 Å². The van der Waals surface area contributed by atoms with Crippen LogP contribution in [-0.2, 0) is 11.2 Å². The molecule has 0 fully saturated rings. The van der Waals surface area contributed by atoms with Crippen LogP contribution in [-0.4, -0.2) is 21.0 Å². The van der Waals surface area contributed by atoms with Crippen LogP contribution in [0.3, 0.4) is 0 Å². The lowest BCUT2D eigenvalue weighted by Gasteiger charge is -1.99. The smallest absolute Gasteiger partial charge is 0.303 e. The van der Waals surface area contributed by atoms with Crippen LogP contribution < -0.4 is 5.73 Å². The van der Waals surface area contributed by atoms with Crippen molar-refractivity contribution in [2.24, 2.45) is 0 Å². The van der Waals surface area contributed by atoms with Crippen molar-refractivity contribution in [2.45, 2.75) is 12.8 Å². The molecule has 0 aliphatic carbocycles. The molecular formula is C7H8BrN3O2. The number of rotatable bonds is 3. The van der Waals surface area contributed by atoms with Gasteiger partial charge in [0.05, 0.1) is 18.3 Å². The van der Waals surface area contributed by atoms with E-state index < -0.39 is 5.97 Å². The molecule has 3 N–H and O–H groups in total. The highest BCUT2D eigenvalue weighted by Gasteiger charge is 2.03. The van der Waals surface area contributed by atoms with E-state index in [9.17, 15) is 4.79 Å². The summed E-state index contributed by atoms with van der Waals surface area (Å²) >= 11 is 3.11. The quantitative estimate of drug-likeness (QED) is 0.824. The maximum atomic E-state index is 10.2. The second-order valence-corrected chi connectivity index (χ2v) is 3.18. The molecule has 6 heteroatoms. The lowest BCUT2D eigenvalue weighted by molar-refractivity contribution is -0.136. The normalized spacial score (nSPS) is 9.92. The molecule has 0 saturated heterocycles. The summed E-state index contributed by atoms with van der Waals surface area (Å²) in [5, 5.41) is 8.41. The lowest BCUT2D eigenvalue weighted by Crippen LogP contribution is -2.02. The van der Waals surface area contributed by atoms with Gasteiger partial charge in [0.25, 0.3) is 0 Å². The standard InChI is InChI=1S/C7H8BrN3O2/c8-6-7(9)10-3-4(11-6)1-2-5(12)13/h3H,1-2H2,(H2,9,10)(H,12,13). The topological polar surface area (TPSA) is 89.1 Å². The molecule has 1 aromatic heterocycles. The number of carboxylic acids is 1. The first-order valence-electron chi connectivity index (χ1n) is 3.58. The molecule has 5 nitrogen and oxygen atoms in total. The number of hydrogen-bond donors (Lipinski definition) is 2. The van der Waals surface area contributed by atoms with Crippen molar-refractivity contribution in [1.29, 1.82) is 0 Å². The molecule has 13 heavy (non-hydrogen) atoms. The average Bonchev–Trinajstić information content (AvgIpc) is 2.07. The predicted octanol–water partition coefficient (Wildman–Crippen LogP) is 0.839. The van der Waals surface area contributed by atoms with E-state index in [1.807, 2.05) is 0 Å². The number of carbonyl (C=O) groups is 1. The second kappa shape index (κ2) is 4.18. The van der Waals surface area contributed by atoms with Crippen molar-refractivity contribution in [3.05, 3.63) is 16.5 Å². The van der Waals surface area contributed by atoms with Gasteiger partial charge in [-0.3, -0.25) is 4.79 Å². The van der Waals surface area contributed by atoms with Gasteiger partial charge in [0.1, 0.15) is 4.60 Å². The Morgan fingerprint density at radius 1 is 1.69 bits per heavy atom. The molecule has 0 aliphatic heterocycles. The summed E-state index contributed by atoms with van der Waals surface area (Å²) in [6, 6.07) is 0. The molecule has 1 rings (SSSR count). The molecule has 0 spiro atoms. The number of nitrogen functional groups attached to an aromatic ring is 1. The van der Waals surface area contributed by atoms with Crippen LogP contribution in [0.4, 0.5) is 5.82 Å². The van der Waals surface area contributed by atoms with Crippen molar-refractivity contribution in [1.82, 2.24) is 9.97 Å². The SMILES string of the molecule is Nc1ncc(CCC(=O)O)nc1Br. The predicted molar refractivity (Wildman–Crippen MR) is 50.1 cm³/mol. The molecule has 1 aromatic rings. The van der Waals surface area contributed by atoms with E-state index in [2.05, 4.69) is 25.9 Å². The molecule has 0 bridgehead atoms. The Labute approximate surface area is 83.1 Å². The summed E-state index contributed by atoms with van der Waals surface area (Å²) in [5.41, 5.74) is 6.02. The fourth-order valence-corrected chi connectivity index (χ4v) is 1.10. The fourth-order valence-electron chi connectivity index (χ4n) is 0.765. The third-order valence-electron chi connectivity index (χ3n) is 1.40. The summed E-state index contributed by atoms with van der Waals surface area (Å²) in [6.45, 7) is 0. The number of aryl methyl sites for hydroxylation is 1. The van der Waals surface area contributed by atoms with Gasteiger partial charge in [-0.1, -0.05) is 0 Å². The molecule has 0 atom stereocenters. The van der Waals surface area contributed by atoms with Gasteiger partial charge in [0, 0.05) is 6.42 Å². The number of aliphatic carboxylic acids is 1. The average molecular weight is 246 g/mol. The van der Waals surface area contributed by atoms with E-state index in [0.29, 0.717) is 22.5 Å². The number of anilines is 1. The van der Waals surface area contributed by atoms with Gasteiger partial charge in [0.2, 0.25) is 0 Å². The highest BCUT2D eigenvalue weighted by Crippen LogP contribution is 2.13. The van der Waals surface area contributed by atoms with Gasteiger partial charge in [-0.05, 0) is 15.9 Å². The van der Waals surface area contributed by atoms with Crippen molar-refractivity contribution in [3.8, 4) is 0 Å². The van der Waals surface area contributed by atoms with Crippen molar-refractivity contribution in [3.63, 3.8) is 0 Å². The maximum Gasteiger partial charge on any atom is 0.303 e. The molecular weight excluding hydrogens is 238 g/mol. The Balaban J connectivity index is 2.68. The van der Waals surface area contributed by atoms with E-state index >= 15 is 0 Å². The molecule has 70 valence electrons. The molecule has 0 amide bonds. The molecule has 0 aliphatic rings. The second-order valence-electron chi connectivity index (χ2n) is 2.43. The third kappa shape index (κ3) is 2.98. The number of aromatic nitrogens is 2. The Morgan fingerprint density at radius 3 is 2.92 bits per heavy atom. The van der Waals surface area contributed by atoms with Crippen LogP contribution in [0.2, 0.25) is 0 Å². The summed E-state index contributed by atoms with van der Waals surface area (Å²) in [6.07, 6.45) is 1.88. The number of carboxylic acid groups (broad SMARTS) is 1. The number of nitrogens with two attached hydrogens (primary N) is 1. The Hall–Kier alpha value is -1.17. The van der Waals surface area contributed by atoms with E-state index in [1.165, 1.54) is 6.20 Å². The van der Waals surface area contributed by atoms with Crippen molar-refractivity contribution >= 4 is 27.7 Å². The number of nitrogens with zero attached hydrogens (tertiary/aromatic N) is 2. The van der Waals surface area contributed by atoms with Gasteiger partial charge < -0.3 is 10.8 Å². The maximum absolute atomic E-state index is 10.2. The van der Waals surface area contributed by atoms with Crippen LogP contribution in [0.1, 0.15) is 12.1 Å². The summed E-state index contributed by atoms with van der Waals surface area (Å²) in [5.74, 6) is -0.547. The summed E-state index contributed by atoms with van der Waals surface area (Å²) in [7, 11) is 0. The zero-order valence-electron chi connectivity index (χ0n) is 6.70. The van der Waals surface area contributed by atoms with Gasteiger partial charge in [-0.2, -0.15) is 0 Å². The number of halogens is 1. The van der Waals surface area contributed by atoms with Crippen LogP contribution in [0, 0.1) is 0 Å². The molecule has 0 saturated carbocycles. The lowest BCUT2D eigenvalue weighted by atomic mass is 10.2. The van der Waals surface area contributed by atoms with Gasteiger partial charge in [0.15, 0.2) is 5.82 Å². The first-order chi connectivity index (χ1) is 6.09. The monoisotopic (exact) mass is 245 g/mol. The van der Waals surface area contributed by atoms with E-state index in [1.54, 1.807) is 0 Å². The van der Waals surface area contributed by atoms with E-state index in [4.69, 9.17) is 10.8 Å². The minimum absolute atomic E-state index is 0.0467. The van der Waals surface area contributed by atoms with Crippen molar-refractivity contribution in [2.75, 3.05) is 5.73 Å². The van der Waals surface area contributed by atoms with Crippen LogP contribution in [0.5, 0.6) is 0 Å². The largest absolute Gasteiger partial charge is 0.481 e. The summed E-state index contributed by atoms with van der Waals surface area (Å²) in [4.78, 5) is 18.1. The zero-order valence-corrected chi connectivity index (χ0v) is 8.28. The number of hydrogen-bond acceptors (Lipinski definition) is 4. The first-order valence-corrected chi connectivity index (χ1v) is 4.37. The zero-order chi connectivity index (χ0) is 9.84. The Bertz CT molecular complexity index is 330. The molecule has 0 aromatic carbocycles. The van der Waals surface area contributed by atoms with Crippen LogP contribution >= 0.6 is 15.9 Å². The molecule has 0 unspecified atom stereocenters. The minimum Gasteiger partial charge on any atom is -0.481 e. The fraction of sp³-hybridized carbons (Fsp3) is 0.286. The molecule has 0 radical (unpaired) electrons. The highest BCUT2D eigenvalue weighted by atomic mass is 79.9. The van der Waals surface area contributed by atoms with Crippen molar-refractivity contribution < 1.29 is 9.90 Å². The van der Waals surface area contributed by atoms with E-state index in [0.717, 1.165) is 0 Å². The highest BCUT2D eigenvalue weighted by molar-refractivity contribution is 9.10. The minimum atomic E-state index is -0.852. The van der Waals surface area contributed by atoms with Gasteiger partial charge in [-0.25, -0.2) is 9.97 Å². The summed E-state index contributed by atoms with van der Waals surface area (Å²) < 4.78 is 0.454. The first kappa shape index (κ1) is 9.91. The molecule has 1 heterocycles. The van der Waals surface area contributed by atoms with Crippen LogP contribution in [0.15, 0.2) is 10.8 Å². The Kier molecular flexibility index (Phi) is 3.18. The van der Waals surface area contributed by atoms with E-state index in [-0.39, 0.29) is 6.42 Å². The van der Waals surface area contributed by atoms with Gasteiger partial charge in [-0.15, -0.1) is 0 Å². The van der Waals surface area contributed by atoms with Gasteiger partial charge >= 0.3 is 5.97 Å².